The fraction of sp³-hybridized carbons (Fsp3) is 0. The second-order valence-corrected chi connectivity index (χ2v) is 4.35. The van der Waals surface area contributed by atoms with Gasteiger partial charge in [0.25, 0.3) is 0 Å². The SMILES string of the molecule is O=S(=O)(O)O.OP(O)(O)=S. The summed E-state index contributed by atoms with van der Waals surface area (Å²) in [5.74, 6) is 0. The van der Waals surface area contributed by atoms with Crippen LogP contribution in [0.25, 0.3) is 0 Å². The molecule has 64 valence electrons. The first-order valence-corrected chi connectivity index (χ1v) is 5.54. The van der Waals surface area contributed by atoms with E-state index in [0.717, 1.165) is 0 Å². The maximum atomic E-state index is 8.74. The van der Waals surface area contributed by atoms with Crippen LogP contribution in [0, 0.1) is 0 Å². The highest BCUT2D eigenvalue weighted by Crippen LogP contribution is 2.26. The van der Waals surface area contributed by atoms with Crippen molar-refractivity contribution < 1.29 is 32.2 Å². The van der Waals surface area contributed by atoms with Crippen molar-refractivity contribution >= 4 is 28.9 Å². The van der Waals surface area contributed by atoms with Gasteiger partial charge in [-0.15, -0.1) is 0 Å². The molecule has 0 aromatic carbocycles. The fourth-order valence-electron chi connectivity index (χ4n) is 0. The second kappa shape index (κ2) is 4.31. The Labute approximate surface area is 61.8 Å². The molecule has 0 rings (SSSR count). The highest BCUT2D eigenvalue weighted by Gasteiger charge is 1.92. The molecule has 0 amide bonds. The maximum absolute atomic E-state index is 8.74. The third-order valence-corrected chi connectivity index (χ3v) is 0. The van der Waals surface area contributed by atoms with Crippen LogP contribution in [0.4, 0.5) is 0 Å². The molecule has 0 atom stereocenters. The summed E-state index contributed by atoms with van der Waals surface area (Å²) in [6, 6.07) is 0. The van der Waals surface area contributed by atoms with Gasteiger partial charge in [-0.25, -0.2) is 0 Å². The molecule has 0 radical (unpaired) electrons. The minimum Gasteiger partial charge on any atom is -0.325 e. The Bertz CT molecular complexity index is 189. The molecule has 0 aliphatic heterocycles. The summed E-state index contributed by atoms with van der Waals surface area (Å²) in [5, 5.41) is 0. The van der Waals surface area contributed by atoms with Gasteiger partial charge in [-0.1, -0.05) is 0 Å². The largest absolute Gasteiger partial charge is 0.394 e. The van der Waals surface area contributed by atoms with Crippen molar-refractivity contribution in [3.8, 4) is 0 Å². The van der Waals surface area contributed by atoms with E-state index in [4.69, 9.17) is 32.2 Å². The van der Waals surface area contributed by atoms with E-state index in [2.05, 4.69) is 11.8 Å². The van der Waals surface area contributed by atoms with E-state index in [9.17, 15) is 0 Å². The van der Waals surface area contributed by atoms with E-state index in [-0.39, 0.29) is 0 Å². The van der Waals surface area contributed by atoms with E-state index < -0.39 is 17.1 Å². The van der Waals surface area contributed by atoms with Crippen molar-refractivity contribution in [3.63, 3.8) is 0 Å². The van der Waals surface area contributed by atoms with E-state index >= 15 is 0 Å². The van der Waals surface area contributed by atoms with Crippen LogP contribution in [0.15, 0.2) is 0 Å². The quantitative estimate of drug-likeness (QED) is 0.242. The normalized spacial score (nSPS) is 11.7. The predicted octanol–water partition coefficient (Wildman–Crippen LogP) is -1.47. The van der Waals surface area contributed by atoms with Crippen LogP contribution < -0.4 is 0 Å². The lowest BCUT2D eigenvalue weighted by atomic mass is 15.8. The number of rotatable bonds is 0. The van der Waals surface area contributed by atoms with Gasteiger partial charge in [0.2, 0.25) is 0 Å². The zero-order valence-corrected chi connectivity index (χ0v) is 6.84. The Morgan fingerprint density at radius 1 is 1.10 bits per heavy atom. The summed E-state index contributed by atoms with van der Waals surface area (Å²) < 4.78 is 31.6. The zero-order valence-electron chi connectivity index (χ0n) is 4.32. The summed E-state index contributed by atoms with van der Waals surface area (Å²) in [6.07, 6.45) is 0. The van der Waals surface area contributed by atoms with Gasteiger partial charge in [0.15, 0.2) is 0 Å². The summed E-state index contributed by atoms with van der Waals surface area (Å²) in [6.45, 7) is -3.81. The smallest absolute Gasteiger partial charge is 0.325 e. The molecule has 0 saturated heterocycles. The Morgan fingerprint density at radius 3 is 1.10 bits per heavy atom. The molecule has 0 heterocycles. The molecule has 0 aromatic heterocycles. The van der Waals surface area contributed by atoms with Crippen molar-refractivity contribution in [2.75, 3.05) is 0 Å². The Balaban J connectivity index is 0. The predicted molar refractivity (Wildman–Crippen MR) is 35.1 cm³/mol. The molecule has 0 aromatic rings. The van der Waals surface area contributed by atoms with Gasteiger partial charge in [0.1, 0.15) is 0 Å². The van der Waals surface area contributed by atoms with Gasteiger partial charge in [0, 0.05) is 0 Å². The van der Waals surface area contributed by atoms with Gasteiger partial charge in [-0.05, 0) is 11.8 Å². The molecular weight excluding hydrogens is 207 g/mol. The topological polar surface area (TPSA) is 135 Å². The lowest BCUT2D eigenvalue weighted by Gasteiger charge is -1.88. The summed E-state index contributed by atoms with van der Waals surface area (Å²) in [7, 11) is -4.67. The third kappa shape index (κ3) is 2870. The van der Waals surface area contributed by atoms with Gasteiger partial charge in [-0.3, -0.25) is 9.11 Å². The molecule has 0 saturated carbocycles. The Hall–Kier alpha value is 0.400. The van der Waals surface area contributed by atoms with Gasteiger partial charge in [0.05, 0.1) is 0 Å². The molecule has 5 N–H and O–H groups in total. The van der Waals surface area contributed by atoms with Crippen LogP contribution in [0.3, 0.4) is 0 Å². The van der Waals surface area contributed by atoms with E-state index in [1.54, 1.807) is 0 Å². The van der Waals surface area contributed by atoms with Crippen LogP contribution in [-0.4, -0.2) is 32.2 Å². The Morgan fingerprint density at radius 2 is 1.10 bits per heavy atom. The zero-order chi connectivity index (χ0) is 9.00. The van der Waals surface area contributed by atoms with Crippen molar-refractivity contribution in [1.29, 1.82) is 0 Å². The average Bonchev–Trinajstić information content (AvgIpc) is 1.12. The lowest BCUT2D eigenvalue weighted by molar-refractivity contribution is 0.363. The summed E-state index contributed by atoms with van der Waals surface area (Å²) in [4.78, 5) is 22.7. The van der Waals surface area contributed by atoms with Crippen LogP contribution in [0.5, 0.6) is 0 Å². The number of hydrogen-bond acceptors (Lipinski definition) is 3. The van der Waals surface area contributed by atoms with E-state index in [0.29, 0.717) is 0 Å². The van der Waals surface area contributed by atoms with E-state index in [1.165, 1.54) is 0 Å². The molecule has 10 heavy (non-hydrogen) atoms. The molecule has 0 bridgehead atoms. The minimum atomic E-state index is -4.67. The molecule has 7 nitrogen and oxygen atoms in total. The monoisotopic (exact) mass is 212 g/mol. The maximum Gasteiger partial charge on any atom is 0.394 e. The summed E-state index contributed by atoms with van der Waals surface area (Å²) in [5.41, 5.74) is 0. The first-order chi connectivity index (χ1) is 4.00. The van der Waals surface area contributed by atoms with Crippen LogP contribution in [0.2, 0.25) is 0 Å². The minimum absolute atomic E-state index is 3.60. The lowest BCUT2D eigenvalue weighted by Crippen LogP contribution is -1.89. The molecule has 0 spiro atoms. The fourth-order valence-corrected chi connectivity index (χ4v) is 0. The van der Waals surface area contributed by atoms with Crippen molar-refractivity contribution in [2.24, 2.45) is 0 Å². The first kappa shape index (κ1) is 13.0. The third-order valence-electron chi connectivity index (χ3n) is 0. The molecule has 0 unspecified atom stereocenters. The molecule has 10 heteroatoms. The summed E-state index contributed by atoms with van der Waals surface area (Å²) >= 11 is 3.60. The standard InChI is InChI=1S/H2O4S.H3O3PS/c1-5(2,3)4;1-4(2,3)5/h(H2,1,2,3,4);(H3,1,2,3,5). The van der Waals surface area contributed by atoms with Crippen LogP contribution in [-0.2, 0) is 22.2 Å². The van der Waals surface area contributed by atoms with Crippen molar-refractivity contribution in [2.45, 2.75) is 0 Å². The second-order valence-electron chi connectivity index (χ2n) is 0.961. The number of hydrogen-bond donors (Lipinski definition) is 5. The molecule has 0 aliphatic rings. The van der Waals surface area contributed by atoms with E-state index in [1.807, 2.05) is 0 Å². The van der Waals surface area contributed by atoms with Crippen LogP contribution in [0.1, 0.15) is 0 Å². The van der Waals surface area contributed by atoms with Crippen LogP contribution >= 0.6 is 6.72 Å². The van der Waals surface area contributed by atoms with Gasteiger partial charge in [-0.2, -0.15) is 8.42 Å². The van der Waals surface area contributed by atoms with Gasteiger partial charge < -0.3 is 14.7 Å². The Kier molecular flexibility index (Phi) is 5.62. The van der Waals surface area contributed by atoms with Crippen molar-refractivity contribution in [3.05, 3.63) is 0 Å². The molecule has 0 aliphatic carbocycles. The first-order valence-electron chi connectivity index (χ1n) is 1.48. The highest BCUT2D eigenvalue weighted by molar-refractivity contribution is 8.06. The van der Waals surface area contributed by atoms with Crippen molar-refractivity contribution in [1.82, 2.24) is 0 Å². The van der Waals surface area contributed by atoms with Gasteiger partial charge >= 0.3 is 17.1 Å². The molecular formula is H5O7PS2. The molecule has 0 fully saturated rings. The average molecular weight is 212 g/mol. The highest BCUT2D eigenvalue weighted by atomic mass is 32.5.